The normalized spacial score (nSPS) is 29.2. The number of rotatable bonds is 2. The van der Waals surface area contributed by atoms with Gasteiger partial charge in [-0.25, -0.2) is 0 Å². The van der Waals surface area contributed by atoms with E-state index >= 15 is 0 Å². The van der Waals surface area contributed by atoms with Crippen molar-refractivity contribution in [2.45, 2.75) is 69.9 Å². The molecular weight excluding hydrogens is 186 g/mol. The van der Waals surface area contributed by atoms with E-state index in [1.54, 1.807) is 0 Å². The van der Waals surface area contributed by atoms with E-state index in [0.717, 1.165) is 26.0 Å². The van der Waals surface area contributed by atoms with E-state index in [4.69, 9.17) is 4.74 Å². The lowest BCUT2D eigenvalue weighted by atomic mass is 9.79. The van der Waals surface area contributed by atoms with Crippen molar-refractivity contribution in [2.24, 2.45) is 0 Å². The molecule has 1 aliphatic carbocycles. The predicted octanol–water partition coefficient (Wildman–Crippen LogP) is 2.87. The molecular formula is C13H25NO. The molecule has 0 bridgehead atoms. The van der Waals surface area contributed by atoms with Gasteiger partial charge in [0, 0.05) is 12.1 Å². The van der Waals surface area contributed by atoms with Crippen LogP contribution in [-0.2, 0) is 4.74 Å². The van der Waals surface area contributed by atoms with E-state index in [9.17, 15) is 0 Å². The SMILES string of the molecule is CCC1(CC)CNC2(CCCCC2)CO1. The highest BCUT2D eigenvalue weighted by atomic mass is 16.5. The fraction of sp³-hybridized carbons (Fsp3) is 1.00. The molecule has 1 heterocycles. The topological polar surface area (TPSA) is 21.3 Å². The average Bonchev–Trinajstić information content (AvgIpc) is 2.32. The van der Waals surface area contributed by atoms with Crippen LogP contribution in [0.15, 0.2) is 0 Å². The summed E-state index contributed by atoms with van der Waals surface area (Å²) in [5, 5.41) is 3.80. The lowest BCUT2D eigenvalue weighted by Crippen LogP contribution is -2.62. The molecule has 0 unspecified atom stereocenters. The fourth-order valence-electron chi connectivity index (χ4n) is 3.00. The summed E-state index contributed by atoms with van der Waals surface area (Å²) in [5.41, 5.74) is 0.467. The lowest BCUT2D eigenvalue weighted by Gasteiger charge is -2.48. The molecule has 88 valence electrons. The highest BCUT2D eigenvalue weighted by Gasteiger charge is 2.41. The summed E-state index contributed by atoms with van der Waals surface area (Å²) in [6.45, 7) is 6.47. The Kier molecular flexibility index (Phi) is 3.36. The van der Waals surface area contributed by atoms with E-state index in [-0.39, 0.29) is 5.60 Å². The largest absolute Gasteiger partial charge is 0.372 e. The minimum Gasteiger partial charge on any atom is -0.372 e. The first kappa shape index (κ1) is 11.4. The second-order valence-corrected chi connectivity index (χ2v) is 5.37. The van der Waals surface area contributed by atoms with Gasteiger partial charge in [0.1, 0.15) is 0 Å². The molecule has 2 aliphatic rings. The first-order valence-corrected chi connectivity index (χ1v) is 6.63. The molecule has 1 spiro atoms. The van der Waals surface area contributed by atoms with Gasteiger partial charge in [0.05, 0.1) is 12.2 Å². The Bertz CT molecular complexity index is 193. The Labute approximate surface area is 93.8 Å². The van der Waals surface area contributed by atoms with Crippen LogP contribution in [0.5, 0.6) is 0 Å². The first-order chi connectivity index (χ1) is 7.24. The summed E-state index contributed by atoms with van der Waals surface area (Å²) in [7, 11) is 0. The van der Waals surface area contributed by atoms with Gasteiger partial charge in [0.25, 0.3) is 0 Å². The van der Waals surface area contributed by atoms with E-state index in [2.05, 4.69) is 19.2 Å². The van der Waals surface area contributed by atoms with Crippen LogP contribution < -0.4 is 5.32 Å². The smallest absolute Gasteiger partial charge is 0.0802 e. The molecule has 0 aromatic rings. The second-order valence-electron chi connectivity index (χ2n) is 5.37. The molecule has 0 aromatic carbocycles. The standard InChI is InChI=1S/C13H25NO/c1-3-13(4-2)10-14-12(11-15-13)8-6-5-7-9-12/h14H,3-11H2,1-2H3. The lowest BCUT2D eigenvalue weighted by molar-refractivity contribution is -0.120. The van der Waals surface area contributed by atoms with Crippen LogP contribution in [0.25, 0.3) is 0 Å². The Hall–Kier alpha value is -0.0800. The third-order valence-corrected chi connectivity index (χ3v) is 4.54. The number of ether oxygens (including phenoxy) is 1. The quantitative estimate of drug-likeness (QED) is 0.758. The molecule has 1 saturated heterocycles. The predicted molar refractivity (Wildman–Crippen MR) is 63.1 cm³/mol. The van der Waals surface area contributed by atoms with Crippen LogP contribution in [0.3, 0.4) is 0 Å². The van der Waals surface area contributed by atoms with Crippen molar-refractivity contribution in [3.63, 3.8) is 0 Å². The van der Waals surface area contributed by atoms with E-state index in [1.165, 1.54) is 32.1 Å². The van der Waals surface area contributed by atoms with Crippen LogP contribution >= 0.6 is 0 Å². The van der Waals surface area contributed by atoms with Crippen molar-refractivity contribution in [2.75, 3.05) is 13.2 Å². The Morgan fingerprint density at radius 3 is 2.20 bits per heavy atom. The molecule has 1 aliphatic heterocycles. The maximum atomic E-state index is 6.19. The summed E-state index contributed by atoms with van der Waals surface area (Å²) >= 11 is 0. The van der Waals surface area contributed by atoms with Crippen molar-refractivity contribution in [1.29, 1.82) is 0 Å². The van der Waals surface area contributed by atoms with Crippen molar-refractivity contribution in [3.05, 3.63) is 0 Å². The zero-order valence-corrected chi connectivity index (χ0v) is 10.3. The number of hydrogen-bond acceptors (Lipinski definition) is 2. The molecule has 0 atom stereocenters. The summed E-state index contributed by atoms with van der Waals surface area (Å²) in [4.78, 5) is 0. The summed E-state index contributed by atoms with van der Waals surface area (Å²) < 4.78 is 6.19. The molecule has 1 N–H and O–H groups in total. The van der Waals surface area contributed by atoms with Crippen molar-refractivity contribution in [1.82, 2.24) is 5.32 Å². The van der Waals surface area contributed by atoms with E-state index in [1.807, 2.05) is 0 Å². The van der Waals surface area contributed by atoms with Gasteiger partial charge in [-0.1, -0.05) is 33.1 Å². The van der Waals surface area contributed by atoms with Gasteiger partial charge in [-0.3, -0.25) is 0 Å². The highest BCUT2D eigenvalue weighted by molar-refractivity contribution is 4.98. The Balaban J connectivity index is 1.95. The summed E-state index contributed by atoms with van der Waals surface area (Å²) in [6, 6.07) is 0. The zero-order valence-electron chi connectivity index (χ0n) is 10.3. The molecule has 0 aromatic heterocycles. The van der Waals surface area contributed by atoms with Crippen molar-refractivity contribution in [3.8, 4) is 0 Å². The van der Waals surface area contributed by atoms with Crippen molar-refractivity contribution >= 4 is 0 Å². The second kappa shape index (κ2) is 4.42. The fourth-order valence-corrected chi connectivity index (χ4v) is 3.00. The number of morpholine rings is 1. The molecule has 0 amide bonds. The Morgan fingerprint density at radius 2 is 1.73 bits per heavy atom. The molecule has 1 saturated carbocycles. The van der Waals surface area contributed by atoms with Crippen LogP contribution in [0, 0.1) is 0 Å². The van der Waals surface area contributed by atoms with Gasteiger partial charge in [-0.2, -0.15) is 0 Å². The van der Waals surface area contributed by atoms with Crippen molar-refractivity contribution < 1.29 is 4.74 Å². The molecule has 2 heteroatoms. The Morgan fingerprint density at radius 1 is 1.07 bits per heavy atom. The van der Waals surface area contributed by atoms with Gasteiger partial charge >= 0.3 is 0 Å². The minimum absolute atomic E-state index is 0.128. The molecule has 2 rings (SSSR count). The summed E-state index contributed by atoms with van der Waals surface area (Å²) in [5.74, 6) is 0. The van der Waals surface area contributed by atoms with Crippen LogP contribution in [-0.4, -0.2) is 24.3 Å². The molecule has 2 fully saturated rings. The third kappa shape index (κ3) is 2.21. The van der Waals surface area contributed by atoms with Gasteiger partial charge in [0.15, 0.2) is 0 Å². The van der Waals surface area contributed by atoms with Gasteiger partial charge in [-0.15, -0.1) is 0 Å². The zero-order chi connectivity index (χ0) is 10.8. The molecule has 0 radical (unpaired) electrons. The van der Waals surface area contributed by atoms with Crippen LogP contribution in [0.1, 0.15) is 58.8 Å². The third-order valence-electron chi connectivity index (χ3n) is 4.54. The van der Waals surface area contributed by atoms with E-state index < -0.39 is 0 Å². The van der Waals surface area contributed by atoms with E-state index in [0.29, 0.717) is 5.54 Å². The first-order valence-electron chi connectivity index (χ1n) is 6.63. The highest BCUT2D eigenvalue weighted by Crippen LogP contribution is 2.35. The minimum atomic E-state index is 0.128. The summed E-state index contributed by atoms with van der Waals surface area (Å²) in [6.07, 6.45) is 9.06. The number of hydrogen-bond donors (Lipinski definition) is 1. The maximum Gasteiger partial charge on any atom is 0.0802 e. The van der Waals surface area contributed by atoms with Gasteiger partial charge < -0.3 is 10.1 Å². The molecule has 2 nitrogen and oxygen atoms in total. The molecule has 15 heavy (non-hydrogen) atoms. The van der Waals surface area contributed by atoms with Crippen LogP contribution in [0.4, 0.5) is 0 Å². The number of nitrogens with one attached hydrogen (secondary N) is 1. The average molecular weight is 211 g/mol. The monoisotopic (exact) mass is 211 g/mol. The van der Waals surface area contributed by atoms with Crippen LogP contribution in [0.2, 0.25) is 0 Å². The van der Waals surface area contributed by atoms with Gasteiger partial charge in [0.2, 0.25) is 0 Å². The van der Waals surface area contributed by atoms with Gasteiger partial charge in [-0.05, 0) is 25.7 Å². The maximum absolute atomic E-state index is 6.19.